The van der Waals surface area contributed by atoms with Crippen LogP contribution in [0, 0.1) is 5.82 Å². The normalized spacial score (nSPS) is 10.2. The first-order valence-electron chi connectivity index (χ1n) is 5.42. The Labute approximate surface area is 99.3 Å². The Balaban J connectivity index is 2.38. The van der Waals surface area contributed by atoms with Crippen LogP contribution in [0.2, 0.25) is 0 Å². The number of hydrogen-bond donors (Lipinski definition) is 1. The highest BCUT2D eigenvalue weighted by Crippen LogP contribution is 2.27. The molecule has 0 radical (unpaired) electrons. The van der Waals surface area contributed by atoms with E-state index in [4.69, 9.17) is 9.84 Å². The van der Waals surface area contributed by atoms with Gasteiger partial charge in [-0.05, 0) is 42.3 Å². The molecule has 2 nitrogen and oxygen atoms in total. The van der Waals surface area contributed by atoms with E-state index in [2.05, 4.69) is 0 Å². The SMILES string of the molecule is CCOc1cccc(-c2ccc(O)c(F)c2)c1. The van der Waals surface area contributed by atoms with E-state index < -0.39 is 5.82 Å². The minimum Gasteiger partial charge on any atom is -0.505 e. The van der Waals surface area contributed by atoms with Crippen molar-refractivity contribution in [2.75, 3.05) is 6.61 Å². The van der Waals surface area contributed by atoms with E-state index in [0.29, 0.717) is 12.2 Å². The Hall–Kier alpha value is -2.03. The highest BCUT2D eigenvalue weighted by atomic mass is 19.1. The lowest BCUT2D eigenvalue weighted by atomic mass is 10.1. The second kappa shape index (κ2) is 4.87. The van der Waals surface area contributed by atoms with Gasteiger partial charge in [0.05, 0.1) is 6.61 Å². The molecule has 2 aromatic rings. The maximum atomic E-state index is 13.2. The summed E-state index contributed by atoms with van der Waals surface area (Å²) in [7, 11) is 0. The lowest BCUT2D eigenvalue weighted by Crippen LogP contribution is -1.91. The van der Waals surface area contributed by atoms with E-state index in [0.717, 1.165) is 11.3 Å². The molecule has 0 aliphatic heterocycles. The summed E-state index contributed by atoms with van der Waals surface area (Å²) in [5.41, 5.74) is 1.57. The molecule has 0 amide bonds. The summed E-state index contributed by atoms with van der Waals surface area (Å²) < 4.78 is 18.6. The first-order valence-corrected chi connectivity index (χ1v) is 5.42. The summed E-state index contributed by atoms with van der Waals surface area (Å²) in [5.74, 6) is -0.211. The highest BCUT2D eigenvalue weighted by Gasteiger charge is 2.04. The standard InChI is InChI=1S/C14H13FO2/c1-2-17-12-5-3-4-10(8-12)11-6-7-14(16)13(15)9-11/h3-9,16H,2H2,1H3. The second-order valence-corrected chi connectivity index (χ2v) is 3.63. The summed E-state index contributed by atoms with van der Waals surface area (Å²) in [6.45, 7) is 2.50. The monoisotopic (exact) mass is 232 g/mol. The minimum atomic E-state index is -0.621. The van der Waals surface area contributed by atoms with Crippen LogP contribution in [0.3, 0.4) is 0 Å². The predicted octanol–water partition coefficient (Wildman–Crippen LogP) is 3.60. The maximum absolute atomic E-state index is 13.2. The molecule has 88 valence electrons. The molecule has 0 heterocycles. The number of rotatable bonds is 3. The average molecular weight is 232 g/mol. The number of benzene rings is 2. The van der Waals surface area contributed by atoms with Crippen LogP contribution in [0.25, 0.3) is 11.1 Å². The molecule has 17 heavy (non-hydrogen) atoms. The third kappa shape index (κ3) is 2.56. The zero-order valence-electron chi connectivity index (χ0n) is 9.48. The molecule has 0 saturated carbocycles. The number of phenols is 1. The molecule has 1 N–H and O–H groups in total. The number of hydrogen-bond acceptors (Lipinski definition) is 2. The van der Waals surface area contributed by atoms with Crippen LogP contribution in [0.4, 0.5) is 4.39 Å². The van der Waals surface area contributed by atoms with Crippen LogP contribution < -0.4 is 4.74 Å². The van der Waals surface area contributed by atoms with Gasteiger partial charge < -0.3 is 9.84 Å². The highest BCUT2D eigenvalue weighted by molar-refractivity contribution is 5.65. The van der Waals surface area contributed by atoms with Crippen LogP contribution in [0.1, 0.15) is 6.92 Å². The van der Waals surface area contributed by atoms with Gasteiger partial charge in [0.1, 0.15) is 5.75 Å². The Morgan fingerprint density at radius 2 is 1.88 bits per heavy atom. The second-order valence-electron chi connectivity index (χ2n) is 3.63. The first kappa shape index (κ1) is 11.5. The molecule has 0 atom stereocenters. The molecular weight excluding hydrogens is 219 g/mol. The van der Waals surface area contributed by atoms with E-state index in [1.54, 1.807) is 6.07 Å². The molecule has 0 spiro atoms. The summed E-state index contributed by atoms with van der Waals surface area (Å²) in [5, 5.41) is 9.13. The van der Waals surface area contributed by atoms with Gasteiger partial charge in [0.15, 0.2) is 11.6 Å². The lowest BCUT2D eigenvalue weighted by Gasteiger charge is -2.06. The van der Waals surface area contributed by atoms with Crippen molar-refractivity contribution in [2.24, 2.45) is 0 Å². The van der Waals surface area contributed by atoms with Gasteiger partial charge >= 0.3 is 0 Å². The third-order valence-corrected chi connectivity index (χ3v) is 2.43. The molecule has 0 fully saturated rings. The number of phenolic OH excluding ortho intramolecular Hbond substituents is 1. The quantitative estimate of drug-likeness (QED) is 0.876. The Morgan fingerprint density at radius 1 is 1.12 bits per heavy atom. The molecular formula is C14H13FO2. The molecule has 0 aliphatic rings. The van der Waals surface area contributed by atoms with Crippen molar-refractivity contribution in [3.8, 4) is 22.6 Å². The first-order chi connectivity index (χ1) is 8.20. The fraction of sp³-hybridized carbons (Fsp3) is 0.143. The van der Waals surface area contributed by atoms with Gasteiger partial charge in [-0.1, -0.05) is 18.2 Å². The van der Waals surface area contributed by atoms with Crippen molar-refractivity contribution < 1.29 is 14.2 Å². The van der Waals surface area contributed by atoms with Crippen molar-refractivity contribution >= 4 is 0 Å². The van der Waals surface area contributed by atoms with Crippen molar-refractivity contribution in [3.05, 3.63) is 48.3 Å². The van der Waals surface area contributed by atoms with Gasteiger partial charge in [-0.3, -0.25) is 0 Å². The van der Waals surface area contributed by atoms with E-state index in [1.165, 1.54) is 12.1 Å². The van der Waals surface area contributed by atoms with Crippen molar-refractivity contribution in [2.45, 2.75) is 6.92 Å². The van der Waals surface area contributed by atoms with Gasteiger partial charge in [0, 0.05) is 0 Å². The van der Waals surface area contributed by atoms with Gasteiger partial charge in [-0.25, -0.2) is 4.39 Å². The summed E-state index contributed by atoms with van der Waals surface area (Å²) in [6.07, 6.45) is 0. The van der Waals surface area contributed by atoms with Crippen molar-refractivity contribution in [3.63, 3.8) is 0 Å². The molecule has 0 aliphatic carbocycles. The van der Waals surface area contributed by atoms with Crippen LogP contribution in [0.5, 0.6) is 11.5 Å². The Kier molecular flexibility index (Phi) is 3.28. The third-order valence-electron chi connectivity index (χ3n) is 2.43. The molecule has 0 unspecified atom stereocenters. The fourth-order valence-electron chi connectivity index (χ4n) is 1.62. The summed E-state index contributed by atoms with van der Waals surface area (Å²) in [6, 6.07) is 11.7. The van der Waals surface area contributed by atoms with Crippen LogP contribution >= 0.6 is 0 Å². The van der Waals surface area contributed by atoms with E-state index in [9.17, 15) is 4.39 Å². The predicted molar refractivity (Wildman–Crippen MR) is 64.7 cm³/mol. The molecule has 2 aromatic carbocycles. The van der Waals surface area contributed by atoms with Gasteiger partial charge in [0.25, 0.3) is 0 Å². The lowest BCUT2D eigenvalue weighted by molar-refractivity contribution is 0.340. The van der Waals surface area contributed by atoms with E-state index >= 15 is 0 Å². The average Bonchev–Trinajstić information content (AvgIpc) is 2.33. The van der Waals surface area contributed by atoms with Gasteiger partial charge in [0.2, 0.25) is 0 Å². The van der Waals surface area contributed by atoms with Gasteiger partial charge in [-0.2, -0.15) is 0 Å². The van der Waals surface area contributed by atoms with Crippen LogP contribution in [0.15, 0.2) is 42.5 Å². The van der Waals surface area contributed by atoms with Crippen molar-refractivity contribution in [1.82, 2.24) is 0 Å². The zero-order chi connectivity index (χ0) is 12.3. The zero-order valence-corrected chi connectivity index (χ0v) is 9.48. The van der Waals surface area contributed by atoms with Crippen molar-refractivity contribution in [1.29, 1.82) is 0 Å². The van der Waals surface area contributed by atoms with Crippen LogP contribution in [-0.2, 0) is 0 Å². The fourth-order valence-corrected chi connectivity index (χ4v) is 1.62. The smallest absolute Gasteiger partial charge is 0.165 e. The summed E-state index contributed by atoms with van der Waals surface area (Å²) in [4.78, 5) is 0. The Morgan fingerprint density at radius 3 is 2.59 bits per heavy atom. The largest absolute Gasteiger partial charge is 0.505 e. The van der Waals surface area contributed by atoms with Crippen LogP contribution in [-0.4, -0.2) is 11.7 Å². The molecule has 3 heteroatoms. The molecule has 0 bridgehead atoms. The van der Waals surface area contributed by atoms with E-state index in [-0.39, 0.29) is 5.75 Å². The summed E-state index contributed by atoms with van der Waals surface area (Å²) >= 11 is 0. The number of ether oxygens (including phenoxy) is 1. The molecule has 2 rings (SSSR count). The number of halogens is 1. The number of aromatic hydroxyl groups is 1. The Bertz CT molecular complexity index is 523. The van der Waals surface area contributed by atoms with E-state index in [1.807, 2.05) is 31.2 Å². The maximum Gasteiger partial charge on any atom is 0.165 e. The molecule has 0 aromatic heterocycles. The molecule has 0 saturated heterocycles. The van der Waals surface area contributed by atoms with Gasteiger partial charge in [-0.15, -0.1) is 0 Å². The topological polar surface area (TPSA) is 29.5 Å². The minimum absolute atomic E-state index is 0.338.